The number of carbonyl (C=O) groups is 2. The quantitative estimate of drug-likeness (QED) is 0.838. The van der Waals surface area contributed by atoms with Gasteiger partial charge in [-0.1, -0.05) is 0 Å². The van der Waals surface area contributed by atoms with Crippen LogP contribution < -0.4 is 10.2 Å². The molecule has 2 saturated heterocycles. The molecule has 0 saturated carbocycles. The van der Waals surface area contributed by atoms with E-state index in [0.29, 0.717) is 51.1 Å². The van der Waals surface area contributed by atoms with Gasteiger partial charge in [0.2, 0.25) is 11.8 Å². The average molecular weight is 313 g/mol. The molecule has 2 fully saturated rings. The summed E-state index contributed by atoms with van der Waals surface area (Å²) in [5.41, 5.74) is 0.589. The van der Waals surface area contributed by atoms with Crippen molar-refractivity contribution in [2.75, 3.05) is 37.6 Å². The van der Waals surface area contributed by atoms with E-state index in [0.717, 1.165) is 5.82 Å². The topological polar surface area (TPSA) is 89.3 Å². The van der Waals surface area contributed by atoms with E-state index in [1.807, 2.05) is 4.90 Å². The lowest BCUT2D eigenvalue weighted by atomic mass is 9.97. The predicted molar refractivity (Wildman–Crippen MR) is 83.5 cm³/mol. The molecule has 1 N–H and O–H groups in total. The number of piperazine rings is 1. The zero-order valence-electron chi connectivity index (χ0n) is 12.9. The van der Waals surface area contributed by atoms with Gasteiger partial charge >= 0.3 is 0 Å². The Labute approximate surface area is 134 Å². The summed E-state index contributed by atoms with van der Waals surface area (Å²) in [5, 5.41) is 11.7. The number of anilines is 1. The smallest absolute Gasteiger partial charge is 0.227 e. The number of nitrogens with zero attached hydrogens (tertiary/aromatic N) is 4. The lowest BCUT2D eigenvalue weighted by molar-refractivity contribution is -0.137. The van der Waals surface area contributed by atoms with Crippen molar-refractivity contribution in [3.05, 3.63) is 23.9 Å². The van der Waals surface area contributed by atoms with Crippen LogP contribution in [0.5, 0.6) is 0 Å². The summed E-state index contributed by atoms with van der Waals surface area (Å²) < 4.78 is 0. The van der Waals surface area contributed by atoms with Gasteiger partial charge in [0.15, 0.2) is 0 Å². The SMILES string of the molecule is N#Cc1ccnc(N2CCN(C(=O)C3CCC(=O)NC3)CC2)c1. The fraction of sp³-hybridized carbons (Fsp3) is 0.500. The van der Waals surface area contributed by atoms with Crippen LogP contribution in [0.15, 0.2) is 18.3 Å². The van der Waals surface area contributed by atoms with Gasteiger partial charge < -0.3 is 15.1 Å². The summed E-state index contributed by atoms with van der Waals surface area (Å²) in [4.78, 5) is 31.9. The molecular weight excluding hydrogens is 294 g/mol. The molecule has 1 aromatic heterocycles. The molecule has 2 aliphatic heterocycles. The predicted octanol–water partition coefficient (Wildman–Crippen LogP) is 0.128. The van der Waals surface area contributed by atoms with Crippen LogP contribution >= 0.6 is 0 Å². The molecule has 7 heteroatoms. The second-order valence-corrected chi connectivity index (χ2v) is 5.87. The first-order chi connectivity index (χ1) is 11.2. The average Bonchev–Trinajstić information content (AvgIpc) is 2.62. The molecule has 1 atom stereocenters. The first-order valence-electron chi connectivity index (χ1n) is 7.84. The van der Waals surface area contributed by atoms with Crippen molar-refractivity contribution >= 4 is 17.6 Å². The van der Waals surface area contributed by atoms with Crippen molar-refractivity contribution < 1.29 is 9.59 Å². The highest BCUT2D eigenvalue weighted by Gasteiger charge is 2.30. The molecule has 0 bridgehead atoms. The van der Waals surface area contributed by atoms with Gasteiger partial charge in [0.05, 0.1) is 17.6 Å². The van der Waals surface area contributed by atoms with Crippen LogP contribution in [0.3, 0.4) is 0 Å². The van der Waals surface area contributed by atoms with E-state index in [-0.39, 0.29) is 17.7 Å². The number of carbonyl (C=O) groups excluding carboxylic acids is 2. The second-order valence-electron chi connectivity index (χ2n) is 5.87. The third kappa shape index (κ3) is 3.42. The van der Waals surface area contributed by atoms with Crippen molar-refractivity contribution in [2.24, 2.45) is 5.92 Å². The molecule has 0 radical (unpaired) electrons. The van der Waals surface area contributed by atoms with Crippen molar-refractivity contribution in [3.63, 3.8) is 0 Å². The zero-order chi connectivity index (χ0) is 16.2. The van der Waals surface area contributed by atoms with Crippen LogP contribution in [0.2, 0.25) is 0 Å². The summed E-state index contributed by atoms with van der Waals surface area (Å²) in [6, 6.07) is 5.57. The zero-order valence-corrected chi connectivity index (χ0v) is 12.9. The fourth-order valence-corrected chi connectivity index (χ4v) is 3.02. The number of rotatable bonds is 2. The lowest BCUT2D eigenvalue weighted by Gasteiger charge is -2.37. The molecule has 2 aliphatic rings. The van der Waals surface area contributed by atoms with Gasteiger partial charge in [0.1, 0.15) is 5.82 Å². The number of piperidine rings is 1. The molecule has 1 aromatic rings. The minimum Gasteiger partial charge on any atom is -0.355 e. The molecule has 1 unspecified atom stereocenters. The molecule has 3 rings (SSSR count). The molecular formula is C16H19N5O2. The van der Waals surface area contributed by atoms with Crippen LogP contribution in [0, 0.1) is 17.2 Å². The minimum absolute atomic E-state index is 0.0299. The summed E-state index contributed by atoms with van der Waals surface area (Å²) in [6.07, 6.45) is 2.70. The van der Waals surface area contributed by atoms with E-state index in [2.05, 4.69) is 21.3 Å². The Balaban J connectivity index is 1.56. The number of aromatic nitrogens is 1. The first kappa shape index (κ1) is 15.3. The highest BCUT2D eigenvalue weighted by atomic mass is 16.2. The fourth-order valence-electron chi connectivity index (χ4n) is 3.02. The van der Waals surface area contributed by atoms with Gasteiger partial charge in [-0.2, -0.15) is 5.26 Å². The largest absolute Gasteiger partial charge is 0.355 e. The minimum atomic E-state index is -0.0979. The van der Waals surface area contributed by atoms with Gasteiger partial charge in [0, 0.05) is 45.3 Å². The van der Waals surface area contributed by atoms with Crippen LogP contribution in [0.1, 0.15) is 18.4 Å². The van der Waals surface area contributed by atoms with Gasteiger partial charge in [-0.3, -0.25) is 9.59 Å². The van der Waals surface area contributed by atoms with Gasteiger partial charge in [-0.25, -0.2) is 4.98 Å². The summed E-state index contributed by atoms with van der Waals surface area (Å²) in [6.45, 7) is 3.13. The molecule has 7 nitrogen and oxygen atoms in total. The Bertz CT molecular complexity index is 636. The molecule has 23 heavy (non-hydrogen) atoms. The third-order valence-electron chi connectivity index (χ3n) is 4.40. The van der Waals surface area contributed by atoms with E-state index >= 15 is 0 Å². The van der Waals surface area contributed by atoms with Crippen LogP contribution in [0.25, 0.3) is 0 Å². The van der Waals surface area contributed by atoms with Crippen molar-refractivity contribution in [1.82, 2.24) is 15.2 Å². The number of hydrogen-bond donors (Lipinski definition) is 1. The Kier molecular flexibility index (Phi) is 4.42. The molecule has 120 valence electrons. The van der Waals surface area contributed by atoms with Gasteiger partial charge in [0.25, 0.3) is 0 Å². The maximum Gasteiger partial charge on any atom is 0.227 e. The van der Waals surface area contributed by atoms with E-state index in [4.69, 9.17) is 5.26 Å². The van der Waals surface area contributed by atoms with E-state index in [9.17, 15) is 9.59 Å². The summed E-state index contributed by atoms with van der Waals surface area (Å²) in [5.74, 6) is 0.839. The summed E-state index contributed by atoms with van der Waals surface area (Å²) >= 11 is 0. The third-order valence-corrected chi connectivity index (χ3v) is 4.40. The Morgan fingerprint density at radius 3 is 2.78 bits per heavy atom. The highest BCUT2D eigenvalue weighted by Crippen LogP contribution is 2.18. The first-order valence-corrected chi connectivity index (χ1v) is 7.84. The molecule has 0 aliphatic carbocycles. The number of nitrogens with one attached hydrogen (secondary N) is 1. The van der Waals surface area contributed by atoms with Gasteiger partial charge in [-0.05, 0) is 18.6 Å². The standard InChI is InChI=1S/C16H19N5O2/c17-10-12-3-4-18-14(9-12)20-5-7-21(8-6-20)16(23)13-1-2-15(22)19-11-13/h3-4,9,13H,1-2,5-8,11H2,(H,19,22). The van der Waals surface area contributed by atoms with E-state index in [1.165, 1.54) is 0 Å². The maximum absolute atomic E-state index is 12.5. The van der Waals surface area contributed by atoms with E-state index < -0.39 is 0 Å². The number of nitriles is 1. The van der Waals surface area contributed by atoms with Crippen LogP contribution in [-0.2, 0) is 9.59 Å². The van der Waals surface area contributed by atoms with Crippen LogP contribution in [-0.4, -0.2) is 54.4 Å². The number of hydrogen-bond acceptors (Lipinski definition) is 5. The number of amides is 2. The van der Waals surface area contributed by atoms with Crippen molar-refractivity contribution in [1.29, 1.82) is 5.26 Å². The Hall–Kier alpha value is -2.62. The van der Waals surface area contributed by atoms with E-state index in [1.54, 1.807) is 18.3 Å². The van der Waals surface area contributed by atoms with Gasteiger partial charge in [-0.15, -0.1) is 0 Å². The normalized spacial score (nSPS) is 21.5. The highest BCUT2D eigenvalue weighted by molar-refractivity contribution is 5.84. The second kappa shape index (κ2) is 6.65. The molecule has 0 aromatic carbocycles. The molecule has 0 spiro atoms. The van der Waals surface area contributed by atoms with Crippen LogP contribution in [0.4, 0.5) is 5.82 Å². The maximum atomic E-state index is 12.5. The lowest BCUT2D eigenvalue weighted by Crippen LogP contribution is -2.52. The Morgan fingerprint density at radius 1 is 1.35 bits per heavy atom. The monoisotopic (exact) mass is 313 g/mol. The number of pyridine rings is 1. The molecule has 3 heterocycles. The van der Waals surface area contributed by atoms with Crippen molar-refractivity contribution in [2.45, 2.75) is 12.8 Å². The Morgan fingerprint density at radius 2 is 2.13 bits per heavy atom. The van der Waals surface area contributed by atoms with Crippen molar-refractivity contribution in [3.8, 4) is 6.07 Å². The molecule has 2 amide bonds. The summed E-state index contributed by atoms with van der Waals surface area (Å²) in [7, 11) is 0.